The molecule has 6 heteroatoms. The number of aryl methyl sites for hydroxylation is 3. The van der Waals surface area contributed by atoms with Crippen molar-refractivity contribution in [3.8, 4) is 0 Å². The fourth-order valence-corrected chi connectivity index (χ4v) is 2.10. The maximum atomic E-state index is 14.0. The third-order valence-corrected chi connectivity index (χ3v) is 3.27. The van der Waals surface area contributed by atoms with E-state index in [1.807, 2.05) is 6.92 Å². The van der Waals surface area contributed by atoms with Crippen LogP contribution in [0.5, 0.6) is 0 Å². The number of amides is 1. The van der Waals surface area contributed by atoms with E-state index in [0.717, 1.165) is 5.69 Å². The Balaban J connectivity index is 2.38. The normalized spacial score (nSPS) is 10.7. The molecule has 0 aliphatic carbocycles. The molecule has 20 heavy (non-hydrogen) atoms. The Labute approximate surface area is 116 Å². The van der Waals surface area contributed by atoms with Crippen molar-refractivity contribution >= 4 is 17.3 Å². The molecule has 0 aliphatic heterocycles. The lowest BCUT2D eigenvalue weighted by molar-refractivity contribution is 0.102. The molecule has 0 atom stereocenters. The first-order valence-electron chi connectivity index (χ1n) is 6.18. The molecule has 1 aromatic carbocycles. The number of nitrogens with one attached hydrogen (secondary N) is 1. The summed E-state index contributed by atoms with van der Waals surface area (Å²) in [5.74, 6) is -1.09. The summed E-state index contributed by atoms with van der Waals surface area (Å²) in [4.78, 5) is 12.2. The SMILES string of the molecule is Cc1cc(N)cc(C(=O)Nc2c(C)nn(C)c2C)c1F. The molecule has 0 radical (unpaired) electrons. The van der Waals surface area contributed by atoms with Gasteiger partial charge >= 0.3 is 0 Å². The summed E-state index contributed by atoms with van der Waals surface area (Å²) >= 11 is 0. The van der Waals surface area contributed by atoms with Crippen LogP contribution >= 0.6 is 0 Å². The fourth-order valence-electron chi connectivity index (χ4n) is 2.10. The number of carbonyl (C=O) groups excluding carboxylic acids is 1. The number of hydrogen-bond acceptors (Lipinski definition) is 3. The second-order valence-corrected chi connectivity index (χ2v) is 4.82. The van der Waals surface area contributed by atoms with Gasteiger partial charge < -0.3 is 11.1 Å². The Bertz CT molecular complexity index is 691. The third kappa shape index (κ3) is 2.36. The van der Waals surface area contributed by atoms with E-state index in [4.69, 9.17) is 5.73 Å². The molecule has 2 rings (SSSR count). The monoisotopic (exact) mass is 276 g/mol. The van der Waals surface area contributed by atoms with Gasteiger partial charge in [-0.1, -0.05) is 0 Å². The van der Waals surface area contributed by atoms with Crippen LogP contribution in [-0.2, 0) is 7.05 Å². The van der Waals surface area contributed by atoms with Crippen LogP contribution in [0.1, 0.15) is 27.3 Å². The molecule has 3 N–H and O–H groups in total. The average molecular weight is 276 g/mol. The number of benzene rings is 1. The Kier molecular flexibility index (Phi) is 3.48. The van der Waals surface area contributed by atoms with Crippen LogP contribution < -0.4 is 11.1 Å². The summed E-state index contributed by atoms with van der Waals surface area (Å²) in [5.41, 5.74) is 8.37. The van der Waals surface area contributed by atoms with E-state index >= 15 is 0 Å². The van der Waals surface area contributed by atoms with E-state index in [-0.39, 0.29) is 5.56 Å². The zero-order valence-corrected chi connectivity index (χ0v) is 11.9. The largest absolute Gasteiger partial charge is 0.399 e. The predicted octanol–water partition coefficient (Wildman–Crippen LogP) is 2.32. The van der Waals surface area contributed by atoms with Crippen molar-refractivity contribution in [2.45, 2.75) is 20.8 Å². The summed E-state index contributed by atoms with van der Waals surface area (Å²) < 4.78 is 15.7. The van der Waals surface area contributed by atoms with Crippen molar-refractivity contribution in [1.82, 2.24) is 9.78 Å². The van der Waals surface area contributed by atoms with Gasteiger partial charge in [-0.2, -0.15) is 5.10 Å². The molecule has 0 aliphatic rings. The number of nitrogens with two attached hydrogens (primary N) is 1. The molecule has 0 spiro atoms. The van der Waals surface area contributed by atoms with Gasteiger partial charge in [0.25, 0.3) is 5.91 Å². The van der Waals surface area contributed by atoms with E-state index in [1.165, 1.54) is 12.1 Å². The second kappa shape index (κ2) is 4.96. The smallest absolute Gasteiger partial charge is 0.258 e. The number of anilines is 2. The van der Waals surface area contributed by atoms with Crippen molar-refractivity contribution in [1.29, 1.82) is 0 Å². The van der Waals surface area contributed by atoms with Gasteiger partial charge in [0.15, 0.2) is 0 Å². The second-order valence-electron chi connectivity index (χ2n) is 4.82. The van der Waals surface area contributed by atoms with Crippen LogP contribution in [0.25, 0.3) is 0 Å². The number of nitrogen functional groups attached to an aromatic ring is 1. The lowest BCUT2D eigenvalue weighted by Gasteiger charge is -2.09. The van der Waals surface area contributed by atoms with Crippen LogP contribution in [0.3, 0.4) is 0 Å². The molecule has 0 unspecified atom stereocenters. The maximum Gasteiger partial charge on any atom is 0.258 e. The van der Waals surface area contributed by atoms with Gasteiger partial charge in [0.05, 0.1) is 22.6 Å². The van der Waals surface area contributed by atoms with Gasteiger partial charge in [-0.3, -0.25) is 9.48 Å². The topological polar surface area (TPSA) is 72.9 Å². The number of halogens is 1. The number of carbonyl (C=O) groups is 1. The minimum absolute atomic E-state index is 0.0647. The van der Waals surface area contributed by atoms with Crippen molar-refractivity contribution in [3.05, 3.63) is 40.5 Å². The number of aromatic nitrogens is 2. The quantitative estimate of drug-likeness (QED) is 0.827. The summed E-state index contributed by atoms with van der Waals surface area (Å²) in [6.07, 6.45) is 0. The Morgan fingerprint density at radius 3 is 2.55 bits per heavy atom. The van der Waals surface area contributed by atoms with Crippen LogP contribution in [-0.4, -0.2) is 15.7 Å². The average Bonchev–Trinajstić information content (AvgIpc) is 2.60. The van der Waals surface area contributed by atoms with E-state index in [1.54, 1.807) is 25.6 Å². The minimum Gasteiger partial charge on any atom is -0.399 e. The van der Waals surface area contributed by atoms with E-state index in [9.17, 15) is 9.18 Å². The molecule has 2 aromatic rings. The molecule has 1 amide bonds. The summed E-state index contributed by atoms with van der Waals surface area (Å²) in [6, 6.07) is 2.82. The van der Waals surface area contributed by atoms with Crippen molar-refractivity contribution in [2.24, 2.45) is 7.05 Å². The van der Waals surface area contributed by atoms with Gasteiger partial charge in [0, 0.05) is 12.7 Å². The molecule has 0 bridgehead atoms. The highest BCUT2D eigenvalue weighted by atomic mass is 19.1. The molecule has 0 saturated heterocycles. The zero-order chi connectivity index (χ0) is 15.0. The first kappa shape index (κ1) is 14.0. The molecule has 5 nitrogen and oxygen atoms in total. The first-order chi connectivity index (χ1) is 9.31. The Morgan fingerprint density at radius 1 is 1.35 bits per heavy atom. The predicted molar refractivity (Wildman–Crippen MR) is 76.2 cm³/mol. The van der Waals surface area contributed by atoms with Crippen LogP contribution in [0.4, 0.5) is 15.8 Å². The summed E-state index contributed by atoms with van der Waals surface area (Å²) in [6.45, 7) is 5.18. The molecule has 1 aromatic heterocycles. The van der Waals surface area contributed by atoms with Gasteiger partial charge in [0.2, 0.25) is 0 Å². The summed E-state index contributed by atoms with van der Waals surface area (Å²) in [5, 5.41) is 6.89. The third-order valence-electron chi connectivity index (χ3n) is 3.27. The lowest BCUT2D eigenvalue weighted by atomic mass is 10.1. The molecule has 106 valence electrons. The number of hydrogen-bond donors (Lipinski definition) is 2. The minimum atomic E-state index is -0.559. The van der Waals surface area contributed by atoms with E-state index < -0.39 is 11.7 Å². The summed E-state index contributed by atoms with van der Waals surface area (Å²) in [7, 11) is 1.78. The molecular weight excluding hydrogens is 259 g/mol. The molecule has 1 heterocycles. The number of nitrogens with zero attached hydrogens (tertiary/aromatic N) is 2. The molecular formula is C14H17FN4O. The van der Waals surface area contributed by atoms with Gasteiger partial charge in [0.1, 0.15) is 5.82 Å². The van der Waals surface area contributed by atoms with Gasteiger partial charge in [-0.25, -0.2) is 4.39 Å². The lowest BCUT2D eigenvalue weighted by Crippen LogP contribution is -2.16. The highest BCUT2D eigenvalue weighted by Gasteiger charge is 2.18. The van der Waals surface area contributed by atoms with E-state index in [0.29, 0.717) is 22.6 Å². The van der Waals surface area contributed by atoms with Crippen LogP contribution in [0.15, 0.2) is 12.1 Å². The molecule has 0 saturated carbocycles. The van der Waals surface area contributed by atoms with Gasteiger partial charge in [-0.15, -0.1) is 0 Å². The molecule has 0 fully saturated rings. The van der Waals surface area contributed by atoms with Crippen LogP contribution in [0.2, 0.25) is 0 Å². The zero-order valence-electron chi connectivity index (χ0n) is 11.9. The van der Waals surface area contributed by atoms with Crippen LogP contribution in [0, 0.1) is 26.6 Å². The van der Waals surface area contributed by atoms with Crippen molar-refractivity contribution < 1.29 is 9.18 Å². The first-order valence-corrected chi connectivity index (χ1v) is 6.18. The Hall–Kier alpha value is -2.37. The fraction of sp³-hybridized carbons (Fsp3) is 0.286. The van der Waals surface area contributed by atoms with E-state index in [2.05, 4.69) is 10.4 Å². The highest BCUT2D eigenvalue weighted by Crippen LogP contribution is 2.22. The maximum absolute atomic E-state index is 14.0. The van der Waals surface area contributed by atoms with Gasteiger partial charge in [-0.05, 0) is 38.5 Å². The number of rotatable bonds is 2. The Morgan fingerprint density at radius 2 is 2.00 bits per heavy atom. The standard InChI is InChI=1S/C14H17FN4O/c1-7-5-10(16)6-11(12(7)15)14(20)17-13-8(2)18-19(4)9(13)3/h5-6H,16H2,1-4H3,(H,17,20). The highest BCUT2D eigenvalue weighted by molar-refractivity contribution is 6.05. The van der Waals surface area contributed by atoms with Crippen molar-refractivity contribution in [2.75, 3.05) is 11.1 Å². The van der Waals surface area contributed by atoms with Crippen molar-refractivity contribution in [3.63, 3.8) is 0 Å².